The second-order valence-corrected chi connectivity index (χ2v) is 4.59. The van der Waals surface area contributed by atoms with E-state index >= 15 is 0 Å². The van der Waals surface area contributed by atoms with E-state index in [2.05, 4.69) is 10.3 Å². The summed E-state index contributed by atoms with van der Waals surface area (Å²) in [5.41, 5.74) is 0.325. The van der Waals surface area contributed by atoms with Crippen molar-refractivity contribution in [2.75, 3.05) is 19.0 Å². The number of nitrogens with one attached hydrogen (secondary N) is 1. The molecule has 104 valence electrons. The highest BCUT2D eigenvalue weighted by Crippen LogP contribution is 2.13. The summed E-state index contributed by atoms with van der Waals surface area (Å²) >= 11 is 1.29. The molecule has 0 aliphatic rings. The molecule has 2 aromatic rings. The van der Waals surface area contributed by atoms with Gasteiger partial charge in [0, 0.05) is 11.6 Å². The Hall–Kier alpha value is -2.41. The zero-order valence-corrected chi connectivity index (χ0v) is 11.5. The summed E-state index contributed by atoms with van der Waals surface area (Å²) in [6, 6.07) is 6.52. The number of hydrogen-bond donors (Lipinski definition) is 1. The number of ether oxygens (including phenoxy) is 2. The monoisotopic (exact) mass is 292 g/mol. The number of amides is 1. The lowest BCUT2D eigenvalue weighted by molar-refractivity contribution is -0.119. The zero-order chi connectivity index (χ0) is 14.4. The van der Waals surface area contributed by atoms with Crippen molar-refractivity contribution in [1.29, 1.82) is 0 Å². The summed E-state index contributed by atoms with van der Waals surface area (Å²) in [6.07, 6.45) is 1.57. The van der Waals surface area contributed by atoms with Crippen molar-refractivity contribution in [3.05, 3.63) is 41.4 Å². The molecule has 0 unspecified atom stereocenters. The zero-order valence-electron chi connectivity index (χ0n) is 10.7. The van der Waals surface area contributed by atoms with Gasteiger partial charge in [-0.15, -0.1) is 11.3 Å². The standard InChI is InChI=1S/C13H12N2O4S/c1-18-10-4-2-3-9(7-10)12(17)19-8-11(16)15-13-14-5-6-20-13/h2-7H,8H2,1H3,(H,14,15,16). The molecule has 20 heavy (non-hydrogen) atoms. The fraction of sp³-hybridized carbons (Fsp3) is 0.154. The number of anilines is 1. The first-order valence-corrected chi connectivity index (χ1v) is 6.57. The number of aromatic nitrogens is 1. The van der Waals surface area contributed by atoms with Gasteiger partial charge >= 0.3 is 5.97 Å². The number of hydrogen-bond acceptors (Lipinski definition) is 6. The van der Waals surface area contributed by atoms with Crippen LogP contribution < -0.4 is 10.1 Å². The number of nitrogens with zero attached hydrogens (tertiary/aromatic N) is 1. The summed E-state index contributed by atoms with van der Waals surface area (Å²) in [5, 5.41) is 4.72. The molecule has 0 aliphatic heterocycles. The highest BCUT2D eigenvalue weighted by molar-refractivity contribution is 7.13. The van der Waals surface area contributed by atoms with Gasteiger partial charge in [-0.2, -0.15) is 0 Å². The molecule has 0 spiro atoms. The summed E-state index contributed by atoms with van der Waals surface area (Å²) in [5.74, 6) is -0.471. The molecular formula is C13H12N2O4S. The first kappa shape index (κ1) is 14.0. The van der Waals surface area contributed by atoms with Crippen LogP contribution >= 0.6 is 11.3 Å². The van der Waals surface area contributed by atoms with Crippen molar-refractivity contribution in [2.24, 2.45) is 0 Å². The third-order valence-corrected chi connectivity index (χ3v) is 3.01. The van der Waals surface area contributed by atoms with Gasteiger partial charge in [-0.1, -0.05) is 6.07 Å². The van der Waals surface area contributed by atoms with Gasteiger partial charge < -0.3 is 9.47 Å². The van der Waals surface area contributed by atoms with Crippen molar-refractivity contribution in [3.63, 3.8) is 0 Å². The van der Waals surface area contributed by atoms with E-state index in [0.29, 0.717) is 16.4 Å². The number of rotatable bonds is 5. The highest BCUT2D eigenvalue weighted by Gasteiger charge is 2.11. The second kappa shape index (κ2) is 6.67. The molecule has 1 heterocycles. The van der Waals surface area contributed by atoms with Crippen LogP contribution in [-0.4, -0.2) is 30.6 Å². The molecule has 7 heteroatoms. The minimum absolute atomic E-state index is 0.325. The Morgan fingerprint density at radius 2 is 2.25 bits per heavy atom. The van der Waals surface area contributed by atoms with E-state index in [-0.39, 0.29) is 6.61 Å². The van der Waals surface area contributed by atoms with E-state index in [9.17, 15) is 9.59 Å². The molecule has 0 saturated heterocycles. The van der Waals surface area contributed by atoms with E-state index in [1.165, 1.54) is 18.4 Å². The molecule has 2 rings (SSSR count). The summed E-state index contributed by atoms with van der Waals surface area (Å²) in [6.45, 7) is -0.365. The number of benzene rings is 1. The second-order valence-electron chi connectivity index (χ2n) is 3.69. The summed E-state index contributed by atoms with van der Waals surface area (Å²) < 4.78 is 9.92. The van der Waals surface area contributed by atoms with Crippen LogP contribution in [0.25, 0.3) is 0 Å². The third-order valence-electron chi connectivity index (χ3n) is 2.32. The van der Waals surface area contributed by atoms with Crippen molar-refractivity contribution in [3.8, 4) is 5.75 Å². The van der Waals surface area contributed by atoms with E-state index in [1.54, 1.807) is 35.8 Å². The highest BCUT2D eigenvalue weighted by atomic mass is 32.1. The van der Waals surface area contributed by atoms with Crippen LogP contribution in [0.2, 0.25) is 0 Å². The largest absolute Gasteiger partial charge is 0.497 e. The molecule has 1 N–H and O–H groups in total. The quantitative estimate of drug-likeness (QED) is 0.852. The smallest absolute Gasteiger partial charge is 0.338 e. The summed E-state index contributed by atoms with van der Waals surface area (Å²) in [4.78, 5) is 27.2. The van der Waals surface area contributed by atoms with Crippen LogP contribution in [0, 0.1) is 0 Å². The van der Waals surface area contributed by atoms with Gasteiger partial charge in [0.1, 0.15) is 5.75 Å². The molecule has 1 amide bonds. The molecule has 0 saturated carbocycles. The van der Waals surface area contributed by atoms with Gasteiger partial charge in [-0.3, -0.25) is 10.1 Å². The van der Waals surface area contributed by atoms with Crippen LogP contribution in [0.5, 0.6) is 5.75 Å². The Labute approximate surface area is 119 Å². The molecule has 1 aromatic carbocycles. The molecule has 0 radical (unpaired) electrons. The molecular weight excluding hydrogens is 280 g/mol. The maximum absolute atomic E-state index is 11.7. The SMILES string of the molecule is COc1cccc(C(=O)OCC(=O)Nc2nccs2)c1. The Balaban J connectivity index is 1.86. The first-order chi connectivity index (χ1) is 9.69. The van der Waals surface area contributed by atoms with Crippen LogP contribution in [0.3, 0.4) is 0 Å². The van der Waals surface area contributed by atoms with Crippen LogP contribution in [0.15, 0.2) is 35.8 Å². The average molecular weight is 292 g/mol. The fourth-order valence-corrected chi connectivity index (χ4v) is 1.95. The maximum Gasteiger partial charge on any atom is 0.338 e. The van der Waals surface area contributed by atoms with E-state index in [0.717, 1.165) is 0 Å². The van der Waals surface area contributed by atoms with Crippen molar-refractivity contribution in [2.45, 2.75) is 0 Å². The van der Waals surface area contributed by atoms with Gasteiger partial charge in [0.25, 0.3) is 5.91 Å². The van der Waals surface area contributed by atoms with Crippen LogP contribution in [0.4, 0.5) is 5.13 Å². The van der Waals surface area contributed by atoms with Gasteiger partial charge in [-0.25, -0.2) is 9.78 Å². The van der Waals surface area contributed by atoms with Gasteiger partial charge in [-0.05, 0) is 18.2 Å². The molecule has 1 aromatic heterocycles. The molecule has 0 bridgehead atoms. The van der Waals surface area contributed by atoms with Crippen LogP contribution in [0.1, 0.15) is 10.4 Å². The lowest BCUT2D eigenvalue weighted by atomic mass is 10.2. The van der Waals surface area contributed by atoms with E-state index in [4.69, 9.17) is 9.47 Å². The average Bonchev–Trinajstić information content (AvgIpc) is 2.97. The number of carbonyl (C=O) groups excluding carboxylic acids is 2. The lowest BCUT2D eigenvalue weighted by Gasteiger charge is -2.06. The normalized spacial score (nSPS) is 9.85. The molecule has 0 aliphatic carbocycles. The number of esters is 1. The van der Waals surface area contributed by atoms with Crippen molar-refractivity contribution < 1.29 is 19.1 Å². The Morgan fingerprint density at radius 3 is 2.95 bits per heavy atom. The molecule has 0 atom stereocenters. The minimum Gasteiger partial charge on any atom is -0.497 e. The third kappa shape index (κ3) is 3.79. The van der Waals surface area contributed by atoms with Crippen molar-refractivity contribution >= 4 is 28.3 Å². The Morgan fingerprint density at radius 1 is 1.40 bits per heavy atom. The van der Waals surface area contributed by atoms with E-state index < -0.39 is 11.9 Å². The van der Waals surface area contributed by atoms with Crippen LogP contribution in [-0.2, 0) is 9.53 Å². The van der Waals surface area contributed by atoms with Gasteiger partial charge in [0.15, 0.2) is 11.7 Å². The Bertz CT molecular complexity index is 598. The number of thiazole rings is 1. The minimum atomic E-state index is -0.585. The topological polar surface area (TPSA) is 77.5 Å². The molecule has 6 nitrogen and oxygen atoms in total. The van der Waals surface area contributed by atoms with Gasteiger partial charge in [0.2, 0.25) is 0 Å². The summed E-state index contributed by atoms with van der Waals surface area (Å²) in [7, 11) is 1.51. The number of methoxy groups -OCH3 is 1. The Kier molecular flexibility index (Phi) is 4.67. The van der Waals surface area contributed by atoms with Crippen molar-refractivity contribution in [1.82, 2.24) is 4.98 Å². The lowest BCUT2D eigenvalue weighted by Crippen LogP contribution is -2.20. The van der Waals surface area contributed by atoms with E-state index in [1.807, 2.05) is 0 Å². The fourth-order valence-electron chi connectivity index (χ4n) is 1.40. The van der Waals surface area contributed by atoms with Gasteiger partial charge in [0.05, 0.1) is 12.7 Å². The predicted octanol–water partition coefficient (Wildman–Crippen LogP) is 1.95. The molecule has 0 fully saturated rings. The number of carbonyl (C=O) groups is 2. The maximum atomic E-state index is 11.7. The first-order valence-electron chi connectivity index (χ1n) is 5.69. The predicted molar refractivity (Wildman–Crippen MR) is 74.0 cm³/mol.